The Balaban J connectivity index is 1.43. The van der Waals surface area contributed by atoms with Crippen molar-refractivity contribution in [2.75, 3.05) is 13.1 Å². The monoisotopic (exact) mass is 338 g/mol. The summed E-state index contributed by atoms with van der Waals surface area (Å²) in [6.45, 7) is 3.22. The first-order valence-corrected chi connectivity index (χ1v) is 8.57. The molecular formula is C16H23BrN2O. The van der Waals surface area contributed by atoms with E-state index >= 15 is 0 Å². The van der Waals surface area contributed by atoms with Crippen LogP contribution in [0.5, 0.6) is 0 Å². The third-order valence-electron chi connectivity index (χ3n) is 4.39. The summed E-state index contributed by atoms with van der Waals surface area (Å²) < 4.78 is 7.33. The molecule has 4 heteroatoms. The smallest absolute Gasteiger partial charge is 0.0603 e. The van der Waals surface area contributed by atoms with Crippen LogP contribution in [0.2, 0.25) is 0 Å². The van der Waals surface area contributed by atoms with Gasteiger partial charge in [0.2, 0.25) is 0 Å². The van der Waals surface area contributed by atoms with Crippen molar-refractivity contribution in [3.63, 3.8) is 0 Å². The molecule has 2 heterocycles. The molecule has 1 saturated heterocycles. The number of hydrogen-bond donors (Lipinski definition) is 0. The first kappa shape index (κ1) is 14.5. The lowest BCUT2D eigenvalue weighted by molar-refractivity contribution is -0.0401. The molecule has 0 amide bonds. The zero-order chi connectivity index (χ0) is 13.8. The van der Waals surface area contributed by atoms with Crippen LogP contribution < -0.4 is 0 Å². The summed E-state index contributed by atoms with van der Waals surface area (Å²) in [6, 6.07) is 4.09. The predicted octanol–water partition coefficient (Wildman–Crippen LogP) is 3.77. The molecular weight excluding hydrogens is 316 g/mol. The van der Waals surface area contributed by atoms with Gasteiger partial charge >= 0.3 is 0 Å². The van der Waals surface area contributed by atoms with Gasteiger partial charge < -0.3 is 4.74 Å². The third-order valence-corrected chi connectivity index (χ3v) is 4.88. The largest absolute Gasteiger partial charge is 0.375 e. The third kappa shape index (κ3) is 4.03. The Morgan fingerprint density at radius 1 is 1.15 bits per heavy atom. The van der Waals surface area contributed by atoms with Gasteiger partial charge in [0.15, 0.2) is 0 Å². The molecule has 3 rings (SSSR count). The number of ether oxygens (including phenoxy) is 1. The van der Waals surface area contributed by atoms with E-state index in [0.717, 1.165) is 29.8 Å². The van der Waals surface area contributed by atoms with E-state index in [1.807, 2.05) is 12.3 Å². The summed E-state index contributed by atoms with van der Waals surface area (Å²) in [6.07, 6.45) is 10.5. The minimum atomic E-state index is 0.491. The van der Waals surface area contributed by atoms with Gasteiger partial charge in [-0.1, -0.05) is 28.8 Å². The van der Waals surface area contributed by atoms with Gasteiger partial charge in [0.1, 0.15) is 0 Å². The van der Waals surface area contributed by atoms with Gasteiger partial charge in [-0.25, -0.2) is 0 Å². The Kier molecular flexibility index (Phi) is 5.08. The van der Waals surface area contributed by atoms with E-state index in [0.29, 0.717) is 12.2 Å². The molecule has 0 N–H and O–H groups in total. The highest BCUT2D eigenvalue weighted by molar-refractivity contribution is 9.10. The van der Waals surface area contributed by atoms with Gasteiger partial charge in [-0.15, -0.1) is 0 Å². The molecule has 0 bridgehead atoms. The first-order chi connectivity index (χ1) is 9.79. The molecule has 0 unspecified atom stereocenters. The topological polar surface area (TPSA) is 25.4 Å². The van der Waals surface area contributed by atoms with Crippen LogP contribution in [-0.4, -0.2) is 35.2 Å². The second kappa shape index (κ2) is 7.01. The Bertz CT molecular complexity index is 426. The zero-order valence-corrected chi connectivity index (χ0v) is 13.5. The van der Waals surface area contributed by atoms with Crippen molar-refractivity contribution in [2.45, 2.75) is 57.3 Å². The van der Waals surface area contributed by atoms with Crippen LogP contribution in [0.3, 0.4) is 0 Å². The van der Waals surface area contributed by atoms with E-state index in [2.05, 4.69) is 31.9 Å². The van der Waals surface area contributed by atoms with Crippen LogP contribution in [0.4, 0.5) is 0 Å². The second-order valence-corrected chi connectivity index (χ2v) is 6.90. The normalized spacial score (nSPS) is 22.4. The number of likely N-dealkylation sites (tertiary alicyclic amines) is 1. The maximum atomic E-state index is 6.22. The summed E-state index contributed by atoms with van der Waals surface area (Å²) >= 11 is 3.51. The number of piperidine rings is 1. The maximum Gasteiger partial charge on any atom is 0.0603 e. The molecule has 0 aromatic carbocycles. The van der Waals surface area contributed by atoms with Gasteiger partial charge in [-0.2, -0.15) is 0 Å². The van der Waals surface area contributed by atoms with Crippen molar-refractivity contribution in [3.8, 4) is 0 Å². The minimum absolute atomic E-state index is 0.491. The lowest BCUT2D eigenvalue weighted by Gasteiger charge is -2.33. The van der Waals surface area contributed by atoms with Crippen molar-refractivity contribution in [2.24, 2.45) is 0 Å². The fraction of sp³-hybridized carbons (Fsp3) is 0.688. The molecule has 2 fully saturated rings. The van der Waals surface area contributed by atoms with Crippen LogP contribution in [0.1, 0.15) is 44.2 Å². The summed E-state index contributed by atoms with van der Waals surface area (Å²) in [5.74, 6) is 0. The number of hydrogen-bond acceptors (Lipinski definition) is 3. The standard InChI is InChI=1S/C16H23BrN2O/c17-13-5-8-18-14(11-13)12-19-9-6-16(7-10-19)20-15-3-1-2-4-15/h5,8,11,15-16H,1-4,6-7,9-10,12H2. The van der Waals surface area contributed by atoms with E-state index in [-0.39, 0.29) is 0 Å². The number of aromatic nitrogens is 1. The lowest BCUT2D eigenvalue weighted by Crippen LogP contribution is -2.37. The fourth-order valence-electron chi connectivity index (χ4n) is 3.26. The van der Waals surface area contributed by atoms with Crippen molar-refractivity contribution in [1.29, 1.82) is 0 Å². The van der Waals surface area contributed by atoms with Crippen molar-refractivity contribution in [3.05, 3.63) is 28.5 Å². The Labute approximate surface area is 129 Å². The minimum Gasteiger partial charge on any atom is -0.375 e. The van der Waals surface area contributed by atoms with Crippen LogP contribution >= 0.6 is 15.9 Å². The SMILES string of the molecule is Brc1ccnc(CN2CCC(OC3CCCC3)CC2)c1. The molecule has 0 radical (unpaired) electrons. The van der Waals surface area contributed by atoms with Gasteiger partial charge in [0.05, 0.1) is 17.9 Å². The van der Waals surface area contributed by atoms with Crippen LogP contribution in [0, 0.1) is 0 Å². The molecule has 1 aliphatic carbocycles. The van der Waals surface area contributed by atoms with Gasteiger partial charge in [0, 0.05) is 30.3 Å². The van der Waals surface area contributed by atoms with Crippen LogP contribution in [0.25, 0.3) is 0 Å². The van der Waals surface area contributed by atoms with Gasteiger partial charge in [-0.3, -0.25) is 9.88 Å². The van der Waals surface area contributed by atoms with E-state index in [4.69, 9.17) is 4.74 Å². The molecule has 1 aromatic rings. The molecule has 1 aromatic heterocycles. The van der Waals surface area contributed by atoms with E-state index in [1.165, 1.54) is 38.5 Å². The number of pyridine rings is 1. The molecule has 20 heavy (non-hydrogen) atoms. The number of nitrogens with zero attached hydrogens (tertiary/aromatic N) is 2. The van der Waals surface area contributed by atoms with Crippen LogP contribution in [0.15, 0.2) is 22.8 Å². The van der Waals surface area contributed by atoms with Gasteiger partial charge in [-0.05, 0) is 37.8 Å². The van der Waals surface area contributed by atoms with Crippen molar-refractivity contribution >= 4 is 15.9 Å². The zero-order valence-electron chi connectivity index (χ0n) is 11.9. The maximum absolute atomic E-state index is 6.22. The summed E-state index contributed by atoms with van der Waals surface area (Å²) in [5.41, 5.74) is 1.15. The molecule has 1 saturated carbocycles. The molecule has 1 aliphatic heterocycles. The average molecular weight is 339 g/mol. The highest BCUT2D eigenvalue weighted by Crippen LogP contribution is 2.25. The van der Waals surface area contributed by atoms with E-state index < -0.39 is 0 Å². The Hall–Kier alpha value is -0.450. The van der Waals surface area contributed by atoms with Crippen molar-refractivity contribution < 1.29 is 4.74 Å². The number of rotatable bonds is 4. The quantitative estimate of drug-likeness (QED) is 0.835. The molecule has 2 aliphatic rings. The molecule has 110 valence electrons. The number of halogens is 1. The average Bonchev–Trinajstić information content (AvgIpc) is 2.94. The molecule has 0 spiro atoms. The fourth-order valence-corrected chi connectivity index (χ4v) is 3.65. The van der Waals surface area contributed by atoms with Gasteiger partial charge in [0.25, 0.3) is 0 Å². The Morgan fingerprint density at radius 3 is 2.55 bits per heavy atom. The van der Waals surface area contributed by atoms with E-state index in [1.54, 1.807) is 0 Å². The summed E-state index contributed by atoms with van der Waals surface area (Å²) in [5, 5.41) is 0. The predicted molar refractivity (Wildman–Crippen MR) is 83.6 cm³/mol. The van der Waals surface area contributed by atoms with Crippen LogP contribution in [-0.2, 0) is 11.3 Å². The first-order valence-electron chi connectivity index (χ1n) is 7.78. The van der Waals surface area contributed by atoms with E-state index in [9.17, 15) is 0 Å². The highest BCUT2D eigenvalue weighted by Gasteiger charge is 2.24. The van der Waals surface area contributed by atoms with Crippen molar-refractivity contribution in [1.82, 2.24) is 9.88 Å². The summed E-state index contributed by atoms with van der Waals surface area (Å²) in [4.78, 5) is 6.92. The highest BCUT2D eigenvalue weighted by atomic mass is 79.9. The summed E-state index contributed by atoms with van der Waals surface area (Å²) in [7, 11) is 0. The Morgan fingerprint density at radius 2 is 1.85 bits per heavy atom. The second-order valence-electron chi connectivity index (χ2n) is 5.98. The molecule has 0 atom stereocenters. The lowest BCUT2D eigenvalue weighted by atomic mass is 10.1. The molecule has 3 nitrogen and oxygen atoms in total.